The lowest BCUT2D eigenvalue weighted by Crippen LogP contribution is -2.39. The number of pyridine rings is 1. The van der Waals surface area contributed by atoms with Gasteiger partial charge in [0.15, 0.2) is 0 Å². The van der Waals surface area contributed by atoms with Gasteiger partial charge < -0.3 is 14.6 Å². The zero-order chi connectivity index (χ0) is 20.5. The Hall–Kier alpha value is -3.08. The maximum absolute atomic E-state index is 12.8. The molecule has 1 N–H and O–H groups in total. The van der Waals surface area contributed by atoms with Crippen molar-refractivity contribution in [3.8, 4) is 22.9 Å². The Morgan fingerprint density at radius 1 is 1.39 bits per heavy atom. The monoisotopic (exact) mass is 400 g/mol. The summed E-state index contributed by atoms with van der Waals surface area (Å²) in [6.45, 7) is 2.60. The number of carboxylic acids is 1. The van der Waals surface area contributed by atoms with E-state index in [9.17, 15) is 20.0 Å². The van der Waals surface area contributed by atoms with Crippen molar-refractivity contribution in [1.29, 1.82) is 5.26 Å². The zero-order valence-electron chi connectivity index (χ0n) is 15.2. The molecule has 2 aromatic rings. The fourth-order valence-corrected chi connectivity index (χ4v) is 3.16. The fourth-order valence-electron chi connectivity index (χ4n) is 2.98. The third-order valence-corrected chi connectivity index (χ3v) is 4.69. The molecule has 28 heavy (non-hydrogen) atoms. The van der Waals surface area contributed by atoms with Crippen LogP contribution in [0.2, 0.25) is 5.02 Å². The number of hydrogen-bond donors (Lipinski definition) is 1. The Balaban J connectivity index is 2.21. The van der Waals surface area contributed by atoms with Crippen LogP contribution in [0.15, 0.2) is 41.3 Å². The Morgan fingerprint density at radius 2 is 2.11 bits per heavy atom. The van der Waals surface area contributed by atoms with Crippen LogP contribution in [0.1, 0.15) is 12.5 Å². The predicted molar refractivity (Wildman–Crippen MR) is 103 cm³/mol. The smallest absolute Gasteiger partial charge is 0.352 e. The number of nitriles is 1. The van der Waals surface area contributed by atoms with E-state index >= 15 is 0 Å². The molecule has 0 spiro atoms. The number of hydrogen-bond acceptors (Lipinski definition) is 5. The van der Waals surface area contributed by atoms with Crippen molar-refractivity contribution >= 4 is 23.3 Å². The molecule has 7 nitrogen and oxygen atoms in total. The van der Waals surface area contributed by atoms with E-state index < -0.39 is 16.9 Å². The minimum absolute atomic E-state index is 0.188. The molecule has 0 amide bonds. The molecule has 0 aliphatic carbocycles. The molecular weight excluding hydrogens is 384 g/mol. The standard InChI is InChI=1S/C20H17ClN2O5/c1-20(10-28-11-20)7-16(19(25)26)23-9-17(27-2)15(6-18(23)24)14-5-13(21)4-3-12(14)8-22/h3-7,9H,10-11H2,1-2H3,(H,25,26)/b16-7+. The highest BCUT2D eigenvalue weighted by atomic mass is 35.5. The van der Waals surface area contributed by atoms with Gasteiger partial charge in [-0.05, 0) is 24.3 Å². The summed E-state index contributed by atoms with van der Waals surface area (Å²) in [4.78, 5) is 24.6. The van der Waals surface area contributed by atoms with Gasteiger partial charge in [0.25, 0.3) is 5.56 Å². The molecule has 1 aromatic carbocycles. The number of benzene rings is 1. The quantitative estimate of drug-likeness (QED) is 0.774. The maximum atomic E-state index is 12.8. The average Bonchev–Trinajstić information content (AvgIpc) is 2.64. The number of carbonyl (C=O) groups is 1. The first-order valence-corrected chi connectivity index (χ1v) is 8.71. The molecule has 1 fully saturated rings. The van der Waals surface area contributed by atoms with E-state index in [1.807, 2.05) is 6.92 Å². The number of halogens is 1. The molecule has 1 aromatic heterocycles. The second kappa shape index (κ2) is 7.50. The highest BCUT2D eigenvalue weighted by Crippen LogP contribution is 2.34. The van der Waals surface area contributed by atoms with Crippen LogP contribution in [0, 0.1) is 16.7 Å². The summed E-state index contributed by atoms with van der Waals surface area (Å²) in [6.07, 6.45) is 2.82. The van der Waals surface area contributed by atoms with Crippen LogP contribution in [0.3, 0.4) is 0 Å². The Bertz CT molecular complexity index is 1080. The summed E-state index contributed by atoms with van der Waals surface area (Å²) in [6, 6.07) is 7.96. The lowest BCUT2D eigenvalue weighted by molar-refractivity contribution is -0.131. The second-order valence-electron chi connectivity index (χ2n) is 6.75. The van der Waals surface area contributed by atoms with Crippen molar-refractivity contribution in [2.75, 3.05) is 20.3 Å². The Labute approximate surface area is 166 Å². The first kappa shape index (κ1) is 19.7. The topological polar surface area (TPSA) is 102 Å². The molecule has 0 bridgehead atoms. The third-order valence-electron chi connectivity index (χ3n) is 4.46. The molecule has 1 saturated heterocycles. The molecule has 0 saturated carbocycles. The molecule has 0 unspecified atom stereocenters. The van der Waals surface area contributed by atoms with Crippen LogP contribution in [-0.4, -0.2) is 36.0 Å². The van der Waals surface area contributed by atoms with Crippen molar-refractivity contribution in [3.63, 3.8) is 0 Å². The van der Waals surface area contributed by atoms with Crippen molar-refractivity contribution in [1.82, 2.24) is 4.57 Å². The number of nitrogens with zero attached hydrogens (tertiary/aromatic N) is 2. The van der Waals surface area contributed by atoms with Crippen LogP contribution >= 0.6 is 11.6 Å². The Morgan fingerprint density at radius 3 is 2.64 bits per heavy atom. The number of carboxylic acid groups (broad SMARTS) is 1. The van der Waals surface area contributed by atoms with Crippen molar-refractivity contribution in [3.05, 3.63) is 57.5 Å². The van der Waals surface area contributed by atoms with Gasteiger partial charge >= 0.3 is 5.97 Å². The molecular formula is C20H17ClN2O5. The van der Waals surface area contributed by atoms with Crippen molar-refractivity contribution < 1.29 is 19.4 Å². The van der Waals surface area contributed by atoms with Gasteiger partial charge in [0.1, 0.15) is 11.4 Å². The number of aliphatic carboxylic acids is 1. The molecule has 2 heterocycles. The van der Waals surface area contributed by atoms with Gasteiger partial charge in [0, 0.05) is 27.6 Å². The lowest BCUT2D eigenvalue weighted by Gasteiger charge is -2.35. The van der Waals surface area contributed by atoms with Crippen molar-refractivity contribution in [2.45, 2.75) is 6.92 Å². The van der Waals surface area contributed by atoms with Crippen LogP contribution in [0.5, 0.6) is 5.75 Å². The minimum Gasteiger partial charge on any atom is -0.495 e. The Kier molecular flexibility index (Phi) is 5.27. The van der Waals surface area contributed by atoms with Gasteiger partial charge in [0.2, 0.25) is 0 Å². The summed E-state index contributed by atoms with van der Waals surface area (Å²) >= 11 is 6.05. The molecule has 0 atom stereocenters. The van der Waals surface area contributed by atoms with E-state index in [-0.39, 0.29) is 11.4 Å². The fraction of sp³-hybridized carbons (Fsp3) is 0.250. The molecule has 1 aliphatic rings. The SMILES string of the molecule is COc1cn(/C(=C/C2(C)COC2)C(=O)O)c(=O)cc1-c1cc(Cl)ccc1C#N. The summed E-state index contributed by atoms with van der Waals surface area (Å²) in [5, 5.41) is 19.4. The van der Waals surface area contributed by atoms with Gasteiger partial charge in [-0.15, -0.1) is 0 Å². The second-order valence-corrected chi connectivity index (χ2v) is 7.18. The van der Waals surface area contributed by atoms with Gasteiger partial charge in [-0.3, -0.25) is 9.36 Å². The van der Waals surface area contributed by atoms with E-state index in [1.165, 1.54) is 25.4 Å². The van der Waals surface area contributed by atoms with Gasteiger partial charge in [-0.2, -0.15) is 5.26 Å². The third kappa shape index (κ3) is 3.65. The summed E-state index contributed by atoms with van der Waals surface area (Å²) in [5.74, 6) is -1.01. The first-order chi connectivity index (χ1) is 13.3. The molecule has 1 aliphatic heterocycles. The lowest BCUT2D eigenvalue weighted by atomic mass is 9.87. The molecule has 144 valence electrons. The van der Waals surface area contributed by atoms with E-state index in [1.54, 1.807) is 18.2 Å². The molecule has 8 heteroatoms. The van der Waals surface area contributed by atoms with E-state index in [0.717, 1.165) is 4.57 Å². The van der Waals surface area contributed by atoms with Gasteiger partial charge in [0.05, 0.1) is 38.2 Å². The highest BCUT2D eigenvalue weighted by molar-refractivity contribution is 6.31. The molecule has 3 rings (SSSR count). The summed E-state index contributed by atoms with van der Waals surface area (Å²) in [7, 11) is 1.40. The number of methoxy groups -OCH3 is 1. The number of aromatic nitrogens is 1. The van der Waals surface area contributed by atoms with Crippen LogP contribution < -0.4 is 10.3 Å². The summed E-state index contributed by atoms with van der Waals surface area (Å²) < 4.78 is 11.5. The van der Waals surface area contributed by atoms with Crippen LogP contribution in [0.4, 0.5) is 0 Å². The minimum atomic E-state index is -1.24. The van der Waals surface area contributed by atoms with E-state index in [0.29, 0.717) is 34.9 Å². The summed E-state index contributed by atoms with van der Waals surface area (Å²) in [5.41, 5.74) is -0.126. The zero-order valence-corrected chi connectivity index (χ0v) is 16.0. The average molecular weight is 401 g/mol. The highest BCUT2D eigenvalue weighted by Gasteiger charge is 2.33. The normalized spacial score (nSPS) is 15.4. The predicted octanol–water partition coefficient (Wildman–Crippen LogP) is 3.01. The van der Waals surface area contributed by atoms with E-state index in [4.69, 9.17) is 21.1 Å². The number of rotatable bonds is 5. The molecule has 0 radical (unpaired) electrons. The van der Waals surface area contributed by atoms with Crippen LogP contribution in [-0.2, 0) is 9.53 Å². The van der Waals surface area contributed by atoms with E-state index in [2.05, 4.69) is 6.07 Å². The largest absolute Gasteiger partial charge is 0.495 e. The van der Waals surface area contributed by atoms with Gasteiger partial charge in [-0.1, -0.05) is 18.5 Å². The van der Waals surface area contributed by atoms with Crippen molar-refractivity contribution in [2.24, 2.45) is 5.41 Å². The number of ether oxygens (including phenoxy) is 2. The maximum Gasteiger partial charge on any atom is 0.352 e. The van der Waals surface area contributed by atoms with Gasteiger partial charge in [-0.25, -0.2) is 4.79 Å². The van der Waals surface area contributed by atoms with Crippen LogP contribution in [0.25, 0.3) is 16.8 Å². The first-order valence-electron chi connectivity index (χ1n) is 8.33.